The van der Waals surface area contributed by atoms with Crippen LogP contribution in [0.25, 0.3) is 11.0 Å². The van der Waals surface area contributed by atoms with E-state index in [-0.39, 0.29) is 11.5 Å². The third kappa shape index (κ3) is 2.24. The summed E-state index contributed by atoms with van der Waals surface area (Å²) in [5.74, 6) is 0.365. The second-order valence-corrected chi connectivity index (χ2v) is 6.14. The number of benzene rings is 1. The molecule has 0 saturated carbocycles. The lowest BCUT2D eigenvalue weighted by Gasteiger charge is -2.03. The van der Waals surface area contributed by atoms with Crippen molar-refractivity contribution in [2.24, 2.45) is 0 Å². The first-order valence-electron chi connectivity index (χ1n) is 5.22. The molecule has 2 rings (SSSR count). The van der Waals surface area contributed by atoms with E-state index in [1.54, 1.807) is 13.3 Å². The number of para-hydroxylation sites is 2. The largest absolute Gasteiger partial charge is 0.330 e. The lowest BCUT2D eigenvalue weighted by atomic mass is 10.3. The molecule has 0 N–H and O–H groups in total. The second kappa shape index (κ2) is 4.25. The van der Waals surface area contributed by atoms with Crippen molar-refractivity contribution in [2.75, 3.05) is 11.5 Å². The first kappa shape index (κ1) is 11.1. The molecule has 0 spiro atoms. The maximum Gasteiger partial charge on any atom is 0.151 e. The van der Waals surface area contributed by atoms with E-state index in [4.69, 9.17) is 0 Å². The molecule has 0 fully saturated rings. The molecule has 0 bridgehead atoms. The van der Waals surface area contributed by atoms with Crippen LogP contribution in [-0.2, 0) is 16.4 Å². The fourth-order valence-electron chi connectivity index (χ4n) is 1.57. The molecule has 0 aliphatic heterocycles. The number of nitrogens with zero attached hydrogens (tertiary/aromatic N) is 2. The summed E-state index contributed by atoms with van der Waals surface area (Å²) in [6.07, 6.45) is 1.69. The van der Waals surface area contributed by atoms with Crippen molar-refractivity contribution in [3.63, 3.8) is 0 Å². The van der Waals surface area contributed by atoms with E-state index < -0.39 is 9.84 Å². The van der Waals surface area contributed by atoms with Gasteiger partial charge in [-0.2, -0.15) is 0 Å². The number of fused-ring (bicyclic) bond motifs is 1. The van der Waals surface area contributed by atoms with Crippen LogP contribution in [0.3, 0.4) is 0 Å². The van der Waals surface area contributed by atoms with Gasteiger partial charge in [-0.1, -0.05) is 19.1 Å². The van der Waals surface area contributed by atoms with Gasteiger partial charge in [0.1, 0.15) is 0 Å². The molecule has 86 valence electrons. The van der Waals surface area contributed by atoms with Crippen LogP contribution in [0.5, 0.6) is 0 Å². The molecule has 16 heavy (non-hydrogen) atoms. The Balaban J connectivity index is 2.22. The van der Waals surface area contributed by atoms with Crippen LogP contribution in [0.1, 0.15) is 6.92 Å². The topological polar surface area (TPSA) is 52.0 Å². The van der Waals surface area contributed by atoms with E-state index in [1.165, 1.54) is 0 Å². The molecule has 2 aromatic rings. The third-order valence-corrected chi connectivity index (χ3v) is 4.29. The van der Waals surface area contributed by atoms with Gasteiger partial charge in [0.2, 0.25) is 0 Å². The lowest BCUT2D eigenvalue weighted by Crippen LogP contribution is -2.14. The van der Waals surface area contributed by atoms with Crippen LogP contribution in [0.4, 0.5) is 0 Å². The molecule has 1 aromatic carbocycles. The highest BCUT2D eigenvalue weighted by Crippen LogP contribution is 2.11. The normalized spacial score (nSPS) is 12.1. The molecule has 0 atom stereocenters. The highest BCUT2D eigenvalue weighted by Gasteiger charge is 2.08. The molecule has 0 saturated heterocycles. The standard InChI is InChI=1S/C11H14N2O2S/c1-2-16(14,15)8-7-13-9-12-10-5-3-4-6-11(10)13/h3-6,9H,2,7-8H2,1H3. The summed E-state index contributed by atoms with van der Waals surface area (Å²) < 4.78 is 24.7. The fourth-order valence-corrected chi connectivity index (χ4v) is 2.33. The van der Waals surface area contributed by atoms with Crippen LogP contribution >= 0.6 is 0 Å². The quantitative estimate of drug-likeness (QED) is 0.810. The highest BCUT2D eigenvalue weighted by molar-refractivity contribution is 7.91. The van der Waals surface area contributed by atoms with Crippen molar-refractivity contribution >= 4 is 20.9 Å². The summed E-state index contributed by atoms with van der Waals surface area (Å²) in [5, 5.41) is 0. The van der Waals surface area contributed by atoms with Crippen LogP contribution < -0.4 is 0 Å². The predicted octanol–water partition coefficient (Wildman–Crippen LogP) is 1.47. The summed E-state index contributed by atoms with van der Waals surface area (Å²) >= 11 is 0. The molecule has 0 aliphatic carbocycles. The van der Waals surface area contributed by atoms with Crippen molar-refractivity contribution in [1.29, 1.82) is 0 Å². The molecule has 0 aliphatic rings. The maximum absolute atomic E-state index is 11.4. The van der Waals surface area contributed by atoms with E-state index in [0.717, 1.165) is 11.0 Å². The summed E-state index contributed by atoms with van der Waals surface area (Å²) in [6.45, 7) is 2.14. The Morgan fingerprint density at radius 2 is 2.06 bits per heavy atom. The van der Waals surface area contributed by atoms with Crippen molar-refractivity contribution in [3.05, 3.63) is 30.6 Å². The number of rotatable bonds is 4. The number of aryl methyl sites for hydroxylation is 1. The SMILES string of the molecule is CCS(=O)(=O)CCn1cnc2ccccc21. The Labute approximate surface area is 94.8 Å². The fraction of sp³-hybridized carbons (Fsp3) is 0.364. The molecule has 0 unspecified atom stereocenters. The number of sulfone groups is 1. The van der Waals surface area contributed by atoms with Gasteiger partial charge in [0, 0.05) is 12.3 Å². The zero-order valence-corrected chi connectivity index (χ0v) is 9.94. The van der Waals surface area contributed by atoms with Gasteiger partial charge in [-0.25, -0.2) is 13.4 Å². The molecule has 5 heteroatoms. The van der Waals surface area contributed by atoms with E-state index in [9.17, 15) is 8.42 Å². The monoisotopic (exact) mass is 238 g/mol. The van der Waals surface area contributed by atoms with Crippen molar-refractivity contribution in [3.8, 4) is 0 Å². The van der Waals surface area contributed by atoms with Crippen molar-refractivity contribution in [1.82, 2.24) is 9.55 Å². The molecule has 1 aromatic heterocycles. The lowest BCUT2D eigenvalue weighted by molar-refractivity contribution is 0.591. The minimum Gasteiger partial charge on any atom is -0.330 e. The van der Waals surface area contributed by atoms with E-state index in [1.807, 2.05) is 28.8 Å². The third-order valence-electron chi connectivity index (χ3n) is 2.61. The second-order valence-electron chi connectivity index (χ2n) is 3.66. The van der Waals surface area contributed by atoms with Gasteiger partial charge in [-0.05, 0) is 12.1 Å². The van der Waals surface area contributed by atoms with Gasteiger partial charge in [-0.15, -0.1) is 0 Å². The smallest absolute Gasteiger partial charge is 0.151 e. The summed E-state index contributed by atoms with van der Waals surface area (Å²) in [4.78, 5) is 4.21. The van der Waals surface area contributed by atoms with Crippen LogP contribution in [-0.4, -0.2) is 29.5 Å². The number of hydrogen-bond donors (Lipinski definition) is 0. The van der Waals surface area contributed by atoms with Gasteiger partial charge in [-0.3, -0.25) is 0 Å². The Morgan fingerprint density at radius 3 is 2.81 bits per heavy atom. The maximum atomic E-state index is 11.4. The summed E-state index contributed by atoms with van der Waals surface area (Å²) in [7, 11) is -2.91. The van der Waals surface area contributed by atoms with E-state index >= 15 is 0 Å². The predicted molar refractivity (Wildman–Crippen MR) is 64.1 cm³/mol. The first-order valence-corrected chi connectivity index (χ1v) is 7.05. The van der Waals surface area contributed by atoms with Crippen LogP contribution in [0.2, 0.25) is 0 Å². The minimum atomic E-state index is -2.91. The van der Waals surface area contributed by atoms with Crippen molar-refractivity contribution in [2.45, 2.75) is 13.5 Å². The van der Waals surface area contributed by atoms with Crippen molar-refractivity contribution < 1.29 is 8.42 Å². The minimum absolute atomic E-state index is 0.170. The molecular formula is C11H14N2O2S. The average Bonchev–Trinajstić information content (AvgIpc) is 2.70. The van der Waals surface area contributed by atoms with Crippen LogP contribution in [0.15, 0.2) is 30.6 Å². The van der Waals surface area contributed by atoms with Gasteiger partial charge >= 0.3 is 0 Å². The average molecular weight is 238 g/mol. The Hall–Kier alpha value is -1.36. The zero-order chi connectivity index (χ0) is 11.6. The molecule has 4 nitrogen and oxygen atoms in total. The summed E-state index contributed by atoms with van der Waals surface area (Å²) in [5.41, 5.74) is 1.88. The van der Waals surface area contributed by atoms with Crippen LogP contribution in [0, 0.1) is 0 Å². The number of aromatic nitrogens is 2. The van der Waals surface area contributed by atoms with Gasteiger partial charge < -0.3 is 4.57 Å². The van der Waals surface area contributed by atoms with Gasteiger partial charge in [0.05, 0.1) is 23.1 Å². The summed E-state index contributed by atoms with van der Waals surface area (Å²) in [6, 6.07) is 7.71. The number of imidazole rings is 1. The number of hydrogen-bond acceptors (Lipinski definition) is 3. The molecule has 0 radical (unpaired) electrons. The molecule has 0 amide bonds. The van der Waals surface area contributed by atoms with E-state index in [0.29, 0.717) is 6.54 Å². The Morgan fingerprint density at radius 1 is 1.31 bits per heavy atom. The van der Waals surface area contributed by atoms with E-state index in [2.05, 4.69) is 4.98 Å². The first-order chi connectivity index (χ1) is 7.62. The Bertz CT molecular complexity index is 587. The zero-order valence-electron chi connectivity index (χ0n) is 9.13. The van der Waals surface area contributed by atoms with Gasteiger partial charge in [0.15, 0.2) is 9.84 Å². The van der Waals surface area contributed by atoms with Gasteiger partial charge in [0.25, 0.3) is 0 Å². The molecular weight excluding hydrogens is 224 g/mol. The Kier molecular flexibility index (Phi) is 2.96. The highest BCUT2D eigenvalue weighted by atomic mass is 32.2. The molecule has 1 heterocycles.